The highest BCUT2D eigenvalue weighted by molar-refractivity contribution is 5.91. The average Bonchev–Trinajstić information content (AvgIpc) is 3.10. The van der Waals surface area contributed by atoms with E-state index in [1.807, 2.05) is 32.6 Å². The minimum atomic E-state index is -1.04. The summed E-state index contributed by atoms with van der Waals surface area (Å²) in [5.41, 5.74) is -1.68. The number of nitrogens with zero attached hydrogens (tertiary/aromatic N) is 2. The molecular weight excluding hydrogens is 382 g/mol. The maximum atomic E-state index is 13.7. The predicted molar refractivity (Wildman–Crippen MR) is 116 cm³/mol. The second kappa shape index (κ2) is 10.2. The molecule has 0 spiro atoms. The van der Waals surface area contributed by atoms with Crippen molar-refractivity contribution in [1.29, 1.82) is 0 Å². The van der Waals surface area contributed by atoms with Gasteiger partial charge in [0.2, 0.25) is 11.8 Å². The molecule has 30 heavy (non-hydrogen) atoms. The second-order valence-electron chi connectivity index (χ2n) is 9.46. The first-order chi connectivity index (χ1) is 14.1. The summed E-state index contributed by atoms with van der Waals surface area (Å²) in [6.45, 7) is 9.67. The maximum absolute atomic E-state index is 13.7. The van der Waals surface area contributed by atoms with Gasteiger partial charge in [-0.25, -0.2) is 4.79 Å². The van der Waals surface area contributed by atoms with Crippen molar-refractivity contribution in [2.45, 2.75) is 83.8 Å². The highest BCUT2D eigenvalue weighted by Crippen LogP contribution is 2.36. The molecule has 2 rings (SSSR count). The molecule has 2 atom stereocenters. The topological polar surface area (TPSA) is 79.0 Å². The zero-order valence-corrected chi connectivity index (χ0v) is 19.0. The van der Waals surface area contributed by atoms with Gasteiger partial charge in [-0.1, -0.05) is 6.92 Å². The largest absolute Gasteiger partial charge is 0.444 e. The van der Waals surface area contributed by atoms with E-state index in [2.05, 4.69) is 11.2 Å². The number of hydrogen-bond donors (Lipinski definition) is 1. The van der Waals surface area contributed by atoms with Gasteiger partial charge in [0.25, 0.3) is 0 Å². The highest BCUT2D eigenvalue weighted by Gasteiger charge is 2.52. The van der Waals surface area contributed by atoms with Gasteiger partial charge in [-0.3, -0.25) is 14.5 Å². The van der Waals surface area contributed by atoms with Gasteiger partial charge in [0.15, 0.2) is 0 Å². The molecular formula is C23H37N3O4. The zero-order chi connectivity index (χ0) is 22.4. The molecule has 0 aromatic carbocycles. The van der Waals surface area contributed by atoms with Crippen molar-refractivity contribution >= 4 is 17.9 Å². The number of piperidine rings is 1. The van der Waals surface area contributed by atoms with Crippen LogP contribution >= 0.6 is 0 Å². The van der Waals surface area contributed by atoms with E-state index in [0.29, 0.717) is 39.0 Å². The Morgan fingerprint density at radius 3 is 2.60 bits per heavy atom. The van der Waals surface area contributed by atoms with Gasteiger partial charge in [-0.2, -0.15) is 0 Å². The van der Waals surface area contributed by atoms with Crippen LogP contribution in [0.1, 0.15) is 72.6 Å². The number of amides is 3. The second-order valence-corrected chi connectivity index (χ2v) is 9.46. The average molecular weight is 420 g/mol. The van der Waals surface area contributed by atoms with Crippen LogP contribution in [0.2, 0.25) is 0 Å². The number of carbonyl (C=O) groups excluding carboxylic acids is 3. The van der Waals surface area contributed by atoms with Crippen molar-refractivity contribution in [3.63, 3.8) is 0 Å². The first-order valence-corrected chi connectivity index (χ1v) is 11.1. The van der Waals surface area contributed by atoms with Crippen LogP contribution in [0, 0.1) is 18.3 Å². The van der Waals surface area contributed by atoms with Gasteiger partial charge >= 0.3 is 6.09 Å². The molecule has 0 bridgehead atoms. The van der Waals surface area contributed by atoms with E-state index in [0.717, 1.165) is 25.7 Å². The van der Waals surface area contributed by atoms with Gasteiger partial charge in [0, 0.05) is 39.0 Å². The molecule has 168 valence electrons. The number of likely N-dealkylation sites (tertiary alicyclic amines) is 2. The lowest BCUT2D eigenvalue weighted by atomic mass is 9.88. The number of rotatable bonds is 6. The standard InChI is InChI=1S/C23H37N3O4/c1-6-10-19(27)24-16-18-11-8-14-25(17-18)20(28)23(12-7-2)13-9-15-26(23)21(29)30-22(3,4)5/h2,18H,6,8-17H2,1,3-5H3,(H,24,27)/t18-,23+/m1/s1. The fraction of sp³-hybridized carbons (Fsp3) is 0.783. The van der Waals surface area contributed by atoms with Crippen molar-refractivity contribution in [2.75, 3.05) is 26.2 Å². The first-order valence-electron chi connectivity index (χ1n) is 11.1. The lowest BCUT2D eigenvalue weighted by Crippen LogP contribution is -2.60. The molecule has 2 aliphatic rings. The molecule has 0 radical (unpaired) electrons. The van der Waals surface area contributed by atoms with Crippen LogP contribution < -0.4 is 5.32 Å². The van der Waals surface area contributed by atoms with E-state index in [4.69, 9.17) is 11.2 Å². The van der Waals surface area contributed by atoms with E-state index in [1.165, 1.54) is 0 Å². The molecule has 7 heteroatoms. The van der Waals surface area contributed by atoms with Gasteiger partial charge in [0.1, 0.15) is 11.1 Å². The molecule has 3 amide bonds. The fourth-order valence-corrected chi connectivity index (χ4v) is 4.40. The summed E-state index contributed by atoms with van der Waals surface area (Å²) in [6, 6.07) is 0. The molecule has 2 heterocycles. The molecule has 2 aliphatic heterocycles. The Morgan fingerprint density at radius 2 is 1.97 bits per heavy atom. The Labute approximate surface area is 180 Å². The Balaban J connectivity index is 2.12. The van der Waals surface area contributed by atoms with Gasteiger partial charge in [-0.05, 0) is 58.8 Å². The maximum Gasteiger partial charge on any atom is 0.411 e. The van der Waals surface area contributed by atoms with Crippen LogP contribution in [-0.4, -0.2) is 65.0 Å². The predicted octanol–water partition coefficient (Wildman–Crippen LogP) is 2.93. The number of hydrogen-bond acceptors (Lipinski definition) is 4. The molecule has 0 aromatic heterocycles. The lowest BCUT2D eigenvalue weighted by molar-refractivity contribution is -0.144. The Bertz CT molecular complexity index is 679. The minimum Gasteiger partial charge on any atom is -0.444 e. The molecule has 2 saturated heterocycles. The fourth-order valence-electron chi connectivity index (χ4n) is 4.40. The van der Waals surface area contributed by atoms with E-state index >= 15 is 0 Å². The zero-order valence-electron chi connectivity index (χ0n) is 19.0. The van der Waals surface area contributed by atoms with Crippen LogP contribution in [0.25, 0.3) is 0 Å². The van der Waals surface area contributed by atoms with E-state index in [1.54, 1.807) is 4.90 Å². The minimum absolute atomic E-state index is 0.0524. The quantitative estimate of drug-likeness (QED) is 0.672. The van der Waals surface area contributed by atoms with Crippen molar-refractivity contribution in [3.8, 4) is 12.3 Å². The molecule has 0 aliphatic carbocycles. The van der Waals surface area contributed by atoms with Gasteiger partial charge < -0.3 is 15.0 Å². The summed E-state index contributed by atoms with van der Waals surface area (Å²) in [5, 5.41) is 2.98. The van der Waals surface area contributed by atoms with E-state index in [9.17, 15) is 14.4 Å². The number of carbonyl (C=O) groups is 3. The third kappa shape index (κ3) is 5.90. The molecule has 0 saturated carbocycles. The molecule has 2 fully saturated rings. The summed E-state index contributed by atoms with van der Waals surface area (Å²) in [7, 11) is 0. The summed E-state index contributed by atoms with van der Waals surface area (Å²) in [6.07, 6.45) is 9.78. The molecule has 7 nitrogen and oxygen atoms in total. The van der Waals surface area contributed by atoms with E-state index < -0.39 is 17.2 Å². The number of terminal acetylenes is 1. The van der Waals surface area contributed by atoms with Crippen LogP contribution in [0.15, 0.2) is 0 Å². The normalized spacial score (nSPS) is 24.3. The van der Waals surface area contributed by atoms with Crippen molar-refractivity contribution in [1.82, 2.24) is 15.1 Å². The first kappa shape index (κ1) is 24.0. The lowest BCUT2D eigenvalue weighted by Gasteiger charge is -2.42. The molecule has 1 N–H and O–H groups in total. The van der Waals surface area contributed by atoms with Crippen molar-refractivity contribution in [3.05, 3.63) is 0 Å². The Morgan fingerprint density at radius 1 is 1.23 bits per heavy atom. The van der Waals surface area contributed by atoms with Crippen LogP contribution in [0.5, 0.6) is 0 Å². The summed E-state index contributed by atoms with van der Waals surface area (Å²) in [5.74, 6) is 2.80. The third-order valence-corrected chi connectivity index (χ3v) is 5.77. The number of ether oxygens (including phenoxy) is 1. The van der Waals surface area contributed by atoms with Crippen LogP contribution in [0.3, 0.4) is 0 Å². The van der Waals surface area contributed by atoms with Crippen LogP contribution in [-0.2, 0) is 14.3 Å². The van der Waals surface area contributed by atoms with E-state index in [-0.39, 0.29) is 24.2 Å². The van der Waals surface area contributed by atoms with Crippen molar-refractivity contribution in [2.24, 2.45) is 5.92 Å². The smallest absolute Gasteiger partial charge is 0.411 e. The van der Waals surface area contributed by atoms with Gasteiger partial charge in [0.05, 0.1) is 0 Å². The SMILES string of the molecule is C#CC[C@@]1(C(=O)N2CCC[C@H](CNC(=O)CCC)C2)CCCN1C(=O)OC(C)(C)C. The molecule has 0 unspecified atom stereocenters. The molecule has 0 aromatic rings. The van der Waals surface area contributed by atoms with Gasteiger partial charge in [-0.15, -0.1) is 12.3 Å². The highest BCUT2D eigenvalue weighted by atomic mass is 16.6. The monoisotopic (exact) mass is 419 g/mol. The van der Waals surface area contributed by atoms with Crippen molar-refractivity contribution < 1.29 is 19.1 Å². The van der Waals surface area contributed by atoms with Crippen LogP contribution in [0.4, 0.5) is 4.79 Å². The Kier molecular flexibility index (Phi) is 8.17. The summed E-state index contributed by atoms with van der Waals surface area (Å²) >= 11 is 0. The third-order valence-electron chi connectivity index (χ3n) is 5.77. The number of nitrogens with one attached hydrogen (secondary N) is 1. The summed E-state index contributed by atoms with van der Waals surface area (Å²) in [4.78, 5) is 41.7. The summed E-state index contributed by atoms with van der Waals surface area (Å²) < 4.78 is 5.57. The Hall–Kier alpha value is -2.23.